The number of benzene rings is 1. The third kappa shape index (κ3) is 13.3. The molecule has 260 valence electrons. The van der Waals surface area contributed by atoms with Crippen LogP contribution in [0.25, 0.3) is 0 Å². The highest BCUT2D eigenvalue weighted by Crippen LogP contribution is 2.20. The lowest BCUT2D eigenvalue weighted by Gasteiger charge is -2.29. The Labute approximate surface area is 275 Å². The summed E-state index contributed by atoms with van der Waals surface area (Å²) in [7, 11) is 0. The first-order valence-electron chi connectivity index (χ1n) is 15.8. The van der Waals surface area contributed by atoms with E-state index in [1.807, 2.05) is 13.8 Å². The zero-order chi connectivity index (χ0) is 35.1. The Bertz CT molecular complexity index is 1270. The van der Waals surface area contributed by atoms with Crippen molar-refractivity contribution in [3.05, 3.63) is 35.9 Å². The molecular formula is C31H50N10O6. The molecule has 2 rings (SSSR count). The highest BCUT2D eigenvalue weighted by molar-refractivity contribution is 5.96. The Kier molecular flexibility index (Phi) is 15.6. The lowest BCUT2D eigenvalue weighted by atomic mass is 10.0. The van der Waals surface area contributed by atoms with Crippen LogP contribution in [0.15, 0.2) is 35.3 Å². The van der Waals surface area contributed by atoms with Crippen molar-refractivity contribution in [2.75, 3.05) is 13.1 Å². The minimum absolute atomic E-state index is 0.0559. The number of rotatable bonds is 19. The average Bonchev–Trinajstić information content (AvgIpc) is 3.50. The molecule has 0 spiro atoms. The summed E-state index contributed by atoms with van der Waals surface area (Å²) in [6, 6.07) is 3.73. The van der Waals surface area contributed by atoms with E-state index in [4.69, 9.17) is 28.7 Å². The van der Waals surface area contributed by atoms with E-state index in [1.165, 1.54) is 4.90 Å². The number of likely N-dealkylation sites (tertiary alicyclic amines) is 1. The summed E-state index contributed by atoms with van der Waals surface area (Å²) in [6.07, 6.45) is 1.41. The van der Waals surface area contributed by atoms with Gasteiger partial charge < -0.3 is 49.5 Å². The Morgan fingerprint density at radius 1 is 0.894 bits per heavy atom. The van der Waals surface area contributed by atoms with Crippen LogP contribution in [0, 0.1) is 5.92 Å². The predicted octanol–water partition coefficient (Wildman–Crippen LogP) is -2.15. The number of primary amides is 2. The number of amides is 6. The molecule has 13 N–H and O–H groups in total. The Morgan fingerprint density at radius 2 is 1.51 bits per heavy atom. The molecule has 0 aromatic heterocycles. The van der Waals surface area contributed by atoms with Crippen molar-refractivity contribution in [2.45, 2.75) is 95.4 Å². The molecule has 16 nitrogen and oxygen atoms in total. The molecule has 0 radical (unpaired) electrons. The highest BCUT2D eigenvalue weighted by Gasteiger charge is 2.38. The molecule has 1 aromatic carbocycles. The number of carbonyl (C=O) groups is 6. The normalized spacial score (nSPS) is 16.8. The van der Waals surface area contributed by atoms with Gasteiger partial charge in [0.15, 0.2) is 5.96 Å². The van der Waals surface area contributed by atoms with Crippen LogP contribution in [-0.4, -0.2) is 89.6 Å². The van der Waals surface area contributed by atoms with Gasteiger partial charge in [-0.15, -0.1) is 0 Å². The first kappa shape index (κ1) is 38.5. The lowest BCUT2D eigenvalue weighted by molar-refractivity contribution is -0.140. The summed E-state index contributed by atoms with van der Waals surface area (Å²) in [6.45, 7) is 4.37. The van der Waals surface area contributed by atoms with E-state index >= 15 is 0 Å². The van der Waals surface area contributed by atoms with Crippen molar-refractivity contribution in [3.8, 4) is 0 Å². The van der Waals surface area contributed by atoms with E-state index in [2.05, 4.69) is 20.9 Å². The first-order valence-corrected chi connectivity index (χ1v) is 15.8. The van der Waals surface area contributed by atoms with Gasteiger partial charge >= 0.3 is 0 Å². The standard InChI is InChI=1S/C31H50N10O6/c1-18(2)16-20(32)30(47)41-15-7-11-24(41)29(46)39-22(12-13-25(33)42)28(45)38-21(10-6-14-37-31(35)36)27(44)40-23(26(34)43)17-19-8-4-3-5-9-19/h3-5,8-9,18,20-24H,6-7,10-17,32H2,1-2H3,(H2,33,42)(H2,34,43)(H,38,45)(H,39,46)(H,40,44)(H4,35,36,37)/t20-,21+,22+,23+,24+/m1/s1. The second-order valence-corrected chi connectivity index (χ2v) is 12.2. The van der Waals surface area contributed by atoms with Gasteiger partial charge in [-0.3, -0.25) is 33.8 Å². The molecule has 1 fully saturated rings. The molecule has 16 heteroatoms. The zero-order valence-corrected chi connectivity index (χ0v) is 27.2. The van der Waals surface area contributed by atoms with Crippen molar-refractivity contribution in [1.82, 2.24) is 20.9 Å². The first-order chi connectivity index (χ1) is 22.2. The molecule has 0 unspecified atom stereocenters. The summed E-state index contributed by atoms with van der Waals surface area (Å²) in [5, 5.41) is 7.87. The summed E-state index contributed by atoms with van der Waals surface area (Å²) >= 11 is 0. The van der Waals surface area contributed by atoms with Crippen LogP contribution in [0.1, 0.15) is 64.4 Å². The molecule has 6 amide bonds. The van der Waals surface area contributed by atoms with E-state index in [0.29, 0.717) is 25.8 Å². The quantitative estimate of drug-likeness (QED) is 0.0456. The van der Waals surface area contributed by atoms with E-state index in [9.17, 15) is 28.8 Å². The smallest absolute Gasteiger partial charge is 0.243 e. The van der Waals surface area contributed by atoms with Crippen LogP contribution in [0.2, 0.25) is 0 Å². The van der Waals surface area contributed by atoms with Gasteiger partial charge in [-0.1, -0.05) is 44.2 Å². The van der Waals surface area contributed by atoms with Gasteiger partial charge in [0.2, 0.25) is 35.4 Å². The molecule has 5 atom stereocenters. The number of guanidine groups is 1. The topological polar surface area (TPSA) is 284 Å². The van der Waals surface area contributed by atoms with Gasteiger partial charge in [0.25, 0.3) is 0 Å². The molecule has 1 saturated heterocycles. The van der Waals surface area contributed by atoms with E-state index in [1.54, 1.807) is 30.3 Å². The SMILES string of the molecule is CC(C)C[C@@H](N)C(=O)N1CCC[C@H]1C(=O)N[C@@H](CCC(N)=O)C(=O)N[C@@H](CCCN=C(N)N)C(=O)N[C@@H](Cc1ccccc1)C(N)=O. The number of carbonyl (C=O) groups excluding carboxylic acids is 6. The van der Waals surface area contributed by atoms with Crippen LogP contribution in [0.3, 0.4) is 0 Å². The van der Waals surface area contributed by atoms with Gasteiger partial charge in [0.1, 0.15) is 24.2 Å². The van der Waals surface area contributed by atoms with E-state index < -0.39 is 59.7 Å². The van der Waals surface area contributed by atoms with Crippen molar-refractivity contribution in [3.63, 3.8) is 0 Å². The molecule has 0 aliphatic carbocycles. The Balaban J connectivity index is 2.24. The second kappa shape index (κ2) is 19.1. The second-order valence-electron chi connectivity index (χ2n) is 12.2. The van der Waals surface area contributed by atoms with Crippen LogP contribution >= 0.6 is 0 Å². The molecular weight excluding hydrogens is 608 g/mol. The van der Waals surface area contributed by atoms with Crippen LogP contribution in [0.4, 0.5) is 0 Å². The molecule has 1 aliphatic rings. The van der Waals surface area contributed by atoms with Gasteiger partial charge in [-0.25, -0.2) is 0 Å². The van der Waals surface area contributed by atoms with Gasteiger partial charge in [-0.05, 0) is 50.0 Å². The fourth-order valence-corrected chi connectivity index (χ4v) is 5.34. The van der Waals surface area contributed by atoms with E-state index in [0.717, 1.165) is 5.56 Å². The van der Waals surface area contributed by atoms with Crippen molar-refractivity contribution < 1.29 is 28.8 Å². The molecule has 1 heterocycles. The van der Waals surface area contributed by atoms with Gasteiger partial charge in [0.05, 0.1) is 6.04 Å². The van der Waals surface area contributed by atoms with Crippen molar-refractivity contribution in [1.29, 1.82) is 0 Å². The maximum absolute atomic E-state index is 13.6. The molecule has 1 aliphatic heterocycles. The Morgan fingerprint density at radius 3 is 2.09 bits per heavy atom. The molecule has 0 bridgehead atoms. The average molecular weight is 659 g/mol. The Hall–Kier alpha value is -4.73. The number of hydrogen-bond donors (Lipinski definition) is 8. The molecule has 0 saturated carbocycles. The molecule has 47 heavy (non-hydrogen) atoms. The van der Waals surface area contributed by atoms with Crippen molar-refractivity contribution >= 4 is 41.4 Å². The number of nitrogens with zero attached hydrogens (tertiary/aromatic N) is 2. The summed E-state index contributed by atoms with van der Waals surface area (Å²) in [5.41, 5.74) is 28.6. The van der Waals surface area contributed by atoms with Crippen LogP contribution in [0.5, 0.6) is 0 Å². The number of hydrogen-bond acceptors (Lipinski definition) is 8. The van der Waals surface area contributed by atoms with E-state index in [-0.39, 0.29) is 56.4 Å². The molecule has 1 aromatic rings. The van der Waals surface area contributed by atoms with Crippen molar-refractivity contribution in [2.24, 2.45) is 39.6 Å². The minimum atomic E-state index is -1.28. The maximum Gasteiger partial charge on any atom is 0.243 e. The monoisotopic (exact) mass is 658 g/mol. The van der Waals surface area contributed by atoms with Crippen LogP contribution < -0.4 is 44.6 Å². The summed E-state index contributed by atoms with van der Waals surface area (Å²) in [4.78, 5) is 82.7. The fraction of sp³-hybridized carbons (Fsp3) is 0.581. The summed E-state index contributed by atoms with van der Waals surface area (Å²) in [5.74, 6) is -3.87. The maximum atomic E-state index is 13.6. The number of aliphatic imine (C=N–C) groups is 1. The van der Waals surface area contributed by atoms with Gasteiger partial charge in [0, 0.05) is 25.9 Å². The number of nitrogens with two attached hydrogens (primary N) is 5. The largest absolute Gasteiger partial charge is 0.370 e. The predicted molar refractivity (Wildman–Crippen MR) is 176 cm³/mol. The zero-order valence-electron chi connectivity index (χ0n) is 27.2. The summed E-state index contributed by atoms with van der Waals surface area (Å²) < 4.78 is 0. The fourth-order valence-electron chi connectivity index (χ4n) is 5.34. The lowest BCUT2D eigenvalue weighted by Crippen LogP contribution is -2.58. The third-order valence-electron chi connectivity index (χ3n) is 7.71. The minimum Gasteiger partial charge on any atom is -0.370 e. The van der Waals surface area contributed by atoms with Crippen LogP contribution in [-0.2, 0) is 35.2 Å². The number of nitrogens with one attached hydrogen (secondary N) is 3. The third-order valence-corrected chi connectivity index (χ3v) is 7.71. The van der Waals surface area contributed by atoms with Gasteiger partial charge in [-0.2, -0.15) is 0 Å². The highest BCUT2D eigenvalue weighted by atomic mass is 16.2.